The molecule has 2 atom stereocenters. The highest BCUT2D eigenvalue weighted by molar-refractivity contribution is 5.97. The number of fused-ring (bicyclic) bond motifs is 1. The van der Waals surface area contributed by atoms with Crippen molar-refractivity contribution in [2.75, 3.05) is 36.5 Å². The van der Waals surface area contributed by atoms with Crippen LogP contribution >= 0.6 is 0 Å². The standard InChI is InChI=1S/C28H33N3O5/c1-18-12-19(2)16-30(15-18)24-11-10-20(13-25(24)31(34)35)27(33)36-17-21(32)14-26-28(3,4)22-8-6-7-9-23(22)29(26)5/h6-11,13-14,18-19H,12,15-17H2,1-5H3. The number of esters is 1. The van der Waals surface area contributed by atoms with E-state index in [4.69, 9.17) is 4.74 Å². The van der Waals surface area contributed by atoms with Crippen LogP contribution in [0.25, 0.3) is 0 Å². The highest BCUT2D eigenvalue weighted by Gasteiger charge is 2.38. The summed E-state index contributed by atoms with van der Waals surface area (Å²) in [5.41, 5.74) is 3.01. The highest BCUT2D eigenvalue weighted by Crippen LogP contribution is 2.46. The maximum atomic E-state index is 12.7. The van der Waals surface area contributed by atoms with Gasteiger partial charge in [0.2, 0.25) is 0 Å². The van der Waals surface area contributed by atoms with Gasteiger partial charge >= 0.3 is 5.97 Å². The molecule has 0 aliphatic carbocycles. The maximum Gasteiger partial charge on any atom is 0.338 e. The lowest BCUT2D eigenvalue weighted by atomic mass is 9.83. The minimum absolute atomic E-state index is 0.0507. The van der Waals surface area contributed by atoms with Crippen molar-refractivity contribution in [2.45, 2.75) is 39.5 Å². The summed E-state index contributed by atoms with van der Waals surface area (Å²) in [6.45, 7) is 9.38. The minimum atomic E-state index is -0.765. The number of likely N-dealkylation sites (N-methyl/N-ethyl adjacent to an activating group) is 1. The van der Waals surface area contributed by atoms with E-state index in [0.717, 1.165) is 36.5 Å². The number of ether oxygens (including phenoxy) is 1. The molecule has 2 aliphatic heterocycles. The largest absolute Gasteiger partial charge is 0.454 e. The molecule has 2 aromatic rings. The lowest BCUT2D eigenvalue weighted by Crippen LogP contribution is -2.39. The third-order valence-electron chi connectivity index (χ3n) is 7.20. The lowest BCUT2D eigenvalue weighted by Gasteiger charge is -2.36. The molecule has 0 saturated carbocycles. The molecule has 0 aromatic heterocycles. The fourth-order valence-corrected chi connectivity index (χ4v) is 5.60. The molecule has 2 heterocycles. The zero-order valence-corrected chi connectivity index (χ0v) is 21.5. The molecule has 8 heteroatoms. The second kappa shape index (κ2) is 9.76. The highest BCUT2D eigenvalue weighted by atomic mass is 16.6. The van der Waals surface area contributed by atoms with Crippen molar-refractivity contribution in [1.29, 1.82) is 0 Å². The van der Waals surface area contributed by atoms with E-state index in [1.54, 1.807) is 6.07 Å². The van der Waals surface area contributed by atoms with Crippen molar-refractivity contribution >= 4 is 28.8 Å². The van der Waals surface area contributed by atoms with Crippen molar-refractivity contribution in [3.63, 3.8) is 0 Å². The van der Waals surface area contributed by atoms with E-state index >= 15 is 0 Å². The van der Waals surface area contributed by atoms with Gasteiger partial charge in [-0.25, -0.2) is 4.79 Å². The number of ketones is 1. The van der Waals surface area contributed by atoms with Crippen molar-refractivity contribution in [3.8, 4) is 0 Å². The molecule has 4 rings (SSSR count). The van der Waals surface area contributed by atoms with E-state index in [1.807, 2.05) is 55.0 Å². The molecule has 2 aromatic carbocycles. The summed E-state index contributed by atoms with van der Waals surface area (Å²) in [7, 11) is 1.91. The Morgan fingerprint density at radius 1 is 1.11 bits per heavy atom. The predicted molar refractivity (Wildman–Crippen MR) is 139 cm³/mol. The van der Waals surface area contributed by atoms with Gasteiger partial charge in [-0.1, -0.05) is 45.9 Å². The monoisotopic (exact) mass is 491 g/mol. The maximum absolute atomic E-state index is 12.7. The van der Waals surface area contributed by atoms with Crippen molar-refractivity contribution in [1.82, 2.24) is 0 Å². The Morgan fingerprint density at radius 2 is 1.78 bits per heavy atom. The average molecular weight is 492 g/mol. The zero-order chi connectivity index (χ0) is 26.2. The molecule has 190 valence electrons. The number of benzene rings is 2. The van der Waals surface area contributed by atoms with Gasteiger partial charge in [-0.3, -0.25) is 14.9 Å². The molecule has 1 fully saturated rings. The summed E-state index contributed by atoms with van der Waals surface area (Å²) in [4.78, 5) is 40.7. The summed E-state index contributed by atoms with van der Waals surface area (Å²) < 4.78 is 5.25. The molecule has 0 radical (unpaired) electrons. The molecular weight excluding hydrogens is 458 g/mol. The average Bonchev–Trinajstić information content (AvgIpc) is 3.02. The zero-order valence-electron chi connectivity index (χ0n) is 21.5. The second-order valence-electron chi connectivity index (χ2n) is 10.6. The van der Waals surface area contributed by atoms with Crippen LogP contribution in [0.2, 0.25) is 0 Å². The smallest absolute Gasteiger partial charge is 0.338 e. The van der Waals surface area contributed by atoms with Crippen LogP contribution in [-0.2, 0) is 14.9 Å². The van der Waals surface area contributed by atoms with Gasteiger partial charge in [0.25, 0.3) is 5.69 Å². The molecule has 0 bridgehead atoms. The number of hydrogen-bond acceptors (Lipinski definition) is 7. The normalized spacial score (nSPS) is 21.9. The minimum Gasteiger partial charge on any atom is -0.454 e. The van der Waals surface area contributed by atoms with E-state index in [9.17, 15) is 19.7 Å². The van der Waals surface area contributed by atoms with Gasteiger partial charge in [0.15, 0.2) is 12.4 Å². The van der Waals surface area contributed by atoms with Crippen LogP contribution in [0.15, 0.2) is 54.2 Å². The summed E-state index contributed by atoms with van der Waals surface area (Å²) in [6, 6.07) is 12.4. The van der Waals surface area contributed by atoms with Crippen LogP contribution in [-0.4, -0.2) is 43.4 Å². The second-order valence-corrected chi connectivity index (χ2v) is 10.6. The van der Waals surface area contributed by atoms with Crippen LogP contribution in [0.5, 0.6) is 0 Å². The Balaban J connectivity index is 1.47. The van der Waals surface area contributed by atoms with Crippen LogP contribution < -0.4 is 9.80 Å². The molecule has 8 nitrogen and oxygen atoms in total. The lowest BCUT2D eigenvalue weighted by molar-refractivity contribution is -0.384. The number of anilines is 2. The van der Waals surface area contributed by atoms with Crippen molar-refractivity contribution in [3.05, 3.63) is 75.5 Å². The summed E-state index contributed by atoms with van der Waals surface area (Å²) in [5, 5.41) is 11.8. The number of nitrogens with zero attached hydrogens (tertiary/aromatic N) is 3. The summed E-state index contributed by atoms with van der Waals surface area (Å²) in [5.74, 6) is -0.266. The number of para-hydroxylation sites is 1. The SMILES string of the molecule is CC1CC(C)CN(c2ccc(C(=O)OCC(=O)C=C3N(C)c4ccccc4C3(C)C)cc2[N+](=O)[O-])C1. The van der Waals surface area contributed by atoms with Gasteiger partial charge in [-0.2, -0.15) is 0 Å². The Morgan fingerprint density at radius 3 is 2.42 bits per heavy atom. The topological polar surface area (TPSA) is 93.0 Å². The van der Waals surface area contributed by atoms with Crippen molar-refractivity contribution < 1.29 is 19.2 Å². The molecule has 0 spiro atoms. The molecular formula is C28H33N3O5. The van der Waals surface area contributed by atoms with Gasteiger partial charge in [0.05, 0.1) is 10.5 Å². The van der Waals surface area contributed by atoms with Crippen LogP contribution in [0.3, 0.4) is 0 Å². The fourth-order valence-electron chi connectivity index (χ4n) is 5.60. The first kappa shape index (κ1) is 25.4. The van der Waals surface area contributed by atoms with E-state index in [0.29, 0.717) is 17.5 Å². The van der Waals surface area contributed by atoms with Gasteiger partial charge in [0.1, 0.15) is 5.69 Å². The Kier molecular flexibility index (Phi) is 6.89. The number of allylic oxidation sites excluding steroid dienone is 1. The van der Waals surface area contributed by atoms with Gasteiger partial charge < -0.3 is 14.5 Å². The molecule has 36 heavy (non-hydrogen) atoms. The van der Waals surface area contributed by atoms with Crippen LogP contribution in [0.1, 0.15) is 50.0 Å². The first-order valence-electron chi connectivity index (χ1n) is 12.3. The number of piperidine rings is 1. The van der Waals surface area contributed by atoms with Crippen LogP contribution in [0, 0.1) is 22.0 Å². The van der Waals surface area contributed by atoms with Gasteiger partial charge in [0, 0.05) is 49.1 Å². The molecule has 0 amide bonds. The Bertz CT molecular complexity index is 1230. The number of carbonyl (C=O) groups excluding carboxylic acids is 2. The number of hydrogen-bond donors (Lipinski definition) is 0. The van der Waals surface area contributed by atoms with Crippen LogP contribution in [0.4, 0.5) is 17.1 Å². The third kappa shape index (κ3) is 4.85. The third-order valence-corrected chi connectivity index (χ3v) is 7.20. The Hall–Kier alpha value is -3.68. The number of nitro groups is 1. The van der Waals surface area contributed by atoms with E-state index in [1.165, 1.54) is 18.2 Å². The first-order chi connectivity index (χ1) is 17.0. The molecule has 0 N–H and O–H groups in total. The number of rotatable bonds is 6. The van der Waals surface area contributed by atoms with Gasteiger partial charge in [-0.05, 0) is 42.0 Å². The predicted octanol–water partition coefficient (Wildman–Crippen LogP) is 5.11. The fraction of sp³-hybridized carbons (Fsp3) is 0.429. The summed E-state index contributed by atoms with van der Waals surface area (Å²) >= 11 is 0. The van der Waals surface area contributed by atoms with Crippen molar-refractivity contribution in [2.24, 2.45) is 11.8 Å². The van der Waals surface area contributed by atoms with E-state index < -0.39 is 17.5 Å². The quantitative estimate of drug-likeness (QED) is 0.240. The molecule has 2 aliphatic rings. The van der Waals surface area contributed by atoms with E-state index in [2.05, 4.69) is 13.8 Å². The van der Waals surface area contributed by atoms with E-state index in [-0.39, 0.29) is 22.4 Å². The molecule has 2 unspecified atom stereocenters. The first-order valence-corrected chi connectivity index (χ1v) is 12.3. The molecule has 1 saturated heterocycles. The number of nitro benzene ring substituents is 1. The summed E-state index contributed by atoms with van der Waals surface area (Å²) in [6.07, 6.45) is 2.59. The Labute approximate surface area is 211 Å². The van der Waals surface area contributed by atoms with Gasteiger partial charge in [-0.15, -0.1) is 0 Å². The number of carbonyl (C=O) groups is 2.